The summed E-state index contributed by atoms with van der Waals surface area (Å²) in [4.78, 5) is 0. The van der Waals surface area contributed by atoms with Crippen LogP contribution in [0.15, 0.2) is 24.3 Å². The third-order valence-corrected chi connectivity index (χ3v) is 3.04. The highest BCUT2D eigenvalue weighted by Gasteiger charge is 1.98. The van der Waals surface area contributed by atoms with Crippen LogP contribution in [0.25, 0.3) is 0 Å². The van der Waals surface area contributed by atoms with Gasteiger partial charge in [0.25, 0.3) is 0 Å². The Morgan fingerprint density at radius 3 is 2.12 bits per heavy atom. The van der Waals surface area contributed by atoms with E-state index in [4.69, 9.17) is 0 Å². The second-order valence-corrected chi connectivity index (χ2v) is 4.50. The largest absolute Gasteiger partial charge is 0.508 e. The van der Waals surface area contributed by atoms with Crippen LogP contribution in [-0.4, -0.2) is 28.2 Å². The van der Waals surface area contributed by atoms with E-state index < -0.39 is 0 Å². The van der Waals surface area contributed by atoms with E-state index >= 15 is 0 Å². The van der Waals surface area contributed by atoms with Crippen LogP contribution in [0, 0.1) is 0 Å². The number of hydrogen-bond acceptors (Lipinski definition) is 1. The van der Waals surface area contributed by atoms with Crippen molar-refractivity contribution in [3.05, 3.63) is 29.8 Å². The van der Waals surface area contributed by atoms with Gasteiger partial charge in [0.1, 0.15) is 5.75 Å². The minimum atomic E-state index is 0. The molecule has 1 N–H and O–H groups in total. The summed E-state index contributed by atoms with van der Waals surface area (Å²) in [6.45, 7) is 2.25. The van der Waals surface area contributed by atoms with Gasteiger partial charge < -0.3 is 5.11 Å². The molecule has 92 valence electrons. The van der Waals surface area contributed by atoms with Crippen molar-refractivity contribution in [3.8, 4) is 5.75 Å². The molecule has 0 heterocycles. The molecule has 0 spiro atoms. The molecule has 0 saturated carbocycles. The topological polar surface area (TPSA) is 20.2 Å². The molecule has 1 aromatic carbocycles. The lowest BCUT2D eigenvalue weighted by molar-refractivity contribution is 0.466. The van der Waals surface area contributed by atoms with Crippen molar-refractivity contribution >= 4 is 23.1 Å². The van der Waals surface area contributed by atoms with E-state index in [1.54, 1.807) is 6.07 Å². The second-order valence-electron chi connectivity index (χ2n) is 4.50. The molecule has 1 nitrogen and oxygen atoms in total. The van der Waals surface area contributed by atoms with Crippen LogP contribution in [0.3, 0.4) is 0 Å². The lowest BCUT2D eigenvalue weighted by Crippen LogP contribution is -1.87. The maximum absolute atomic E-state index is 9.58. The Labute approximate surface area is 122 Å². The van der Waals surface area contributed by atoms with Gasteiger partial charge in [-0.3, -0.25) is 0 Å². The van der Waals surface area contributed by atoms with Gasteiger partial charge in [-0.15, -0.1) is 0 Å². The molecule has 2 radical (unpaired) electrons. The van der Waals surface area contributed by atoms with Crippen molar-refractivity contribution < 1.29 is 5.11 Å². The molecule has 2 heteroatoms. The Balaban J connectivity index is 0.00000256. The zero-order valence-corrected chi connectivity index (χ0v) is 12.5. The highest BCUT2D eigenvalue weighted by Crippen LogP contribution is 2.18. The number of aryl methyl sites for hydroxylation is 1. The number of phenols is 1. The monoisotopic (exact) mass is 244 g/mol. The number of aromatic hydroxyl groups is 1. The molecule has 0 bridgehead atoms. The van der Waals surface area contributed by atoms with Crippen LogP contribution >= 0.6 is 0 Å². The molecule has 0 amide bonds. The normalized spacial score (nSPS) is 9.94. The molecule has 0 atom stereocenters. The van der Waals surface area contributed by atoms with Gasteiger partial charge in [-0.2, -0.15) is 0 Å². The van der Waals surface area contributed by atoms with E-state index in [1.165, 1.54) is 44.9 Å². The average Bonchev–Trinajstić information content (AvgIpc) is 2.30. The Bertz CT molecular complexity index is 286. The lowest BCUT2D eigenvalue weighted by Gasteiger charge is -2.04. The summed E-state index contributed by atoms with van der Waals surface area (Å²) in [6, 6.07) is 7.67. The highest BCUT2D eigenvalue weighted by molar-refractivity contribution is 5.75. The first-order chi connectivity index (χ1) is 7.84. The Morgan fingerprint density at radius 1 is 0.882 bits per heavy atom. The van der Waals surface area contributed by atoms with Crippen molar-refractivity contribution in [3.63, 3.8) is 0 Å². The summed E-state index contributed by atoms with van der Waals surface area (Å²) in [7, 11) is 0. The highest BCUT2D eigenvalue weighted by atomic mass is 24.3. The summed E-state index contributed by atoms with van der Waals surface area (Å²) < 4.78 is 0. The van der Waals surface area contributed by atoms with E-state index in [0.717, 1.165) is 12.0 Å². The average molecular weight is 245 g/mol. The van der Waals surface area contributed by atoms with Gasteiger partial charge in [0.15, 0.2) is 0 Å². The first kappa shape index (κ1) is 16.8. The van der Waals surface area contributed by atoms with E-state index in [0.29, 0.717) is 5.75 Å². The van der Waals surface area contributed by atoms with Crippen LogP contribution in [0.2, 0.25) is 0 Å². The van der Waals surface area contributed by atoms with Gasteiger partial charge in [-0.05, 0) is 24.5 Å². The molecule has 0 aliphatic rings. The predicted molar refractivity (Wildman–Crippen MR) is 75.6 cm³/mol. The maximum atomic E-state index is 9.58. The SMILES string of the molecule is CCCCCCCCCc1ccccc1O.[Mg]. The van der Waals surface area contributed by atoms with Gasteiger partial charge in [0.2, 0.25) is 0 Å². The van der Waals surface area contributed by atoms with Crippen molar-refractivity contribution in [2.75, 3.05) is 0 Å². The molecule has 0 aliphatic carbocycles. The summed E-state index contributed by atoms with van der Waals surface area (Å²) in [5.41, 5.74) is 1.09. The Morgan fingerprint density at radius 2 is 1.47 bits per heavy atom. The summed E-state index contributed by atoms with van der Waals surface area (Å²) >= 11 is 0. The number of phenolic OH excluding ortho intramolecular Hbond substituents is 1. The van der Waals surface area contributed by atoms with E-state index in [2.05, 4.69) is 6.92 Å². The first-order valence-electron chi connectivity index (χ1n) is 6.61. The fourth-order valence-corrected chi connectivity index (χ4v) is 1.99. The molecule has 17 heavy (non-hydrogen) atoms. The van der Waals surface area contributed by atoms with Crippen molar-refractivity contribution in [2.45, 2.75) is 58.3 Å². The molecule has 0 unspecified atom stereocenters. The number of hydrogen-bond donors (Lipinski definition) is 1. The van der Waals surface area contributed by atoms with Crippen LogP contribution in [-0.2, 0) is 6.42 Å². The van der Waals surface area contributed by atoms with E-state index in [-0.39, 0.29) is 23.1 Å². The molecule has 1 aromatic rings. The number of unbranched alkanes of at least 4 members (excludes halogenated alkanes) is 6. The van der Waals surface area contributed by atoms with Crippen molar-refractivity contribution in [1.82, 2.24) is 0 Å². The standard InChI is InChI=1S/C15H24O.Mg/c1-2-3-4-5-6-7-8-11-14-12-9-10-13-15(14)16;/h9-10,12-13,16H,2-8,11H2,1H3;. The minimum absolute atomic E-state index is 0. The zero-order chi connectivity index (χ0) is 11.6. The Hall–Kier alpha value is -0.214. The molecule has 1 rings (SSSR count). The minimum Gasteiger partial charge on any atom is -0.508 e. The fourth-order valence-electron chi connectivity index (χ4n) is 1.99. The summed E-state index contributed by atoms with van der Waals surface area (Å²) in [5.74, 6) is 0.452. The van der Waals surface area contributed by atoms with Crippen molar-refractivity contribution in [2.24, 2.45) is 0 Å². The first-order valence-corrected chi connectivity index (χ1v) is 6.61. The third-order valence-electron chi connectivity index (χ3n) is 3.04. The lowest BCUT2D eigenvalue weighted by atomic mass is 10.0. The third kappa shape index (κ3) is 7.66. The van der Waals surface area contributed by atoms with Crippen molar-refractivity contribution in [1.29, 1.82) is 0 Å². The van der Waals surface area contributed by atoms with E-state index in [1.807, 2.05) is 18.2 Å². The summed E-state index contributed by atoms with van der Waals surface area (Å²) in [5, 5.41) is 9.58. The van der Waals surface area contributed by atoms with Gasteiger partial charge in [-0.1, -0.05) is 63.6 Å². The van der Waals surface area contributed by atoms with Crippen LogP contribution in [0.1, 0.15) is 57.4 Å². The molecule has 0 aromatic heterocycles. The number of rotatable bonds is 8. The van der Waals surface area contributed by atoms with Gasteiger partial charge in [0, 0.05) is 23.1 Å². The molecule has 0 saturated heterocycles. The maximum Gasteiger partial charge on any atom is 0.118 e. The fraction of sp³-hybridized carbons (Fsp3) is 0.600. The van der Waals surface area contributed by atoms with Gasteiger partial charge in [-0.25, -0.2) is 0 Å². The number of para-hydroxylation sites is 1. The zero-order valence-electron chi connectivity index (χ0n) is 11.1. The molecule has 0 aliphatic heterocycles. The van der Waals surface area contributed by atoms with Crippen LogP contribution < -0.4 is 0 Å². The van der Waals surface area contributed by atoms with Crippen LogP contribution in [0.5, 0.6) is 5.75 Å². The van der Waals surface area contributed by atoms with Gasteiger partial charge >= 0.3 is 0 Å². The Kier molecular flexibility index (Phi) is 10.8. The molecular weight excluding hydrogens is 220 g/mol. The van der Waals surface area contributed by atoms with E-state index in [9.17, 15) is 5.11 Å². The van der Waals surface area contributed by atoms with Gasteiger partial charge in [0.05, 0.1) is 0 Å². The van der Waals surface area contributed by atoms with Crippen LogP contribution in [0.4, 0.5) is 0 Å². The molecular formula is C15H24MgO. The quantitative estimate of drug-likeness (QED) is 0.534. The molecule has 0 fully saturated rings. The summed E-state index contributed by atoms with van der Waals surface area (Å²) in [6.07, 6.45) is 10.3. The number of benzene rings is 1. The second kappa shape index (κ2) is 10.9. The predicted octanol–water partition coefficient (Wildman–Crippen LogP) is 4.30. The smallest absolute Gasteiger partial charge is 0.118 e.